The largest absolute Gasteiger partial charge is 0.493 e. The van der Waals surface area contributed by atoms with Crippen molar-refractivity contribution >= 4 is 59.4 Å². The fourth-order valence-corrected chi connectivity index (χ4v) is 3.81. The van der Waals surface area contributed by atoms with Crippen LogP contribution in [0.15, 0.2) is 45.3 Å². The molecule has 0 aliphatic heterocycles. The summed E-state index contributed by atoms with van der Waals surface area (Å²) >= 11 is 16.8. The standard InChI is InChI=1S/C15H12Br3ClO/c1-2-20-14-4-3-9(7-13(14)17)15(18)10-5-11(16)8-12(19)6-10/h3-8,15H,2H2,1H3. The van der Waals surface area contributed by atoms with Crippen LogP contribution >= 0.6 is 59.4 Å². The summed E-state index contributed by atoms with van der Waals surface area (Å²) in [5, 5.41) is 0.712. The molecule has 0 radical (unpaired) electrons. The summed E-state index contributed by atoms with van der Waals surface area (Å²) in [5.74, 6) is 0.850. The van der Waals surface area contributed by atoms with Crippen LogP contribution in [0.3, 0.4) is 0 Å². The molecule has 0 N–H and O–H groups in total. The van der Waals surface area contributed by atoms with Gasteiger partial charge < -0.3 is 4.74 Å². The second-order valence-electron chi connectivity index (χ2n) is 4.19. The number of ether oxygens (including phenoxy) is 1. The van der Waals surface area contributed by atoms with Crippen molar-refractivity contribution in [2.45, 2.75) is 11.8 Å². The van der Waals surface area contributed by atoms with Crippen LogP contribution in [-0.2, 0) is 0 Å². The Labute approximate surface area is 149 Å². The van der Waals surface area contributed by atoms with Crippen LogP contribution in [0.1, 0.15) is 22.9 Å². The Hall–Kier alpha value is -0.0300. The molecule has 106 valence electrons. The van der Waals surface area contributed by atoms with Gasteiger partial charge in [0.15, 0.2) is 0 Å². The zero-order valence-corrected chi connectivity index (χ0v) is 16.2. The minimum atomic E-state index is 0.0736. The molecule has 0 spiro atoms. The molecule has 0 aliphatic carbocycles. The Balaban J connectivity index is 2.33. The molecule has 2 rings (SSSR count). The third-order valence-electron chi connectivity index (χ3n) is 2.73. The molecule has 20 heavy (non-hydrogen) atoms. The van der Waals surface area contributed by atoms with Gasteiger partial charge in [-0.05, 0) is 64.3 Å². The molecule has 0 bridgehead atoms. The van der Waals surface area contributed by atoms with Crippen LogP contribution in [0.2, 0.25) is 5.02 Å². The van der Waals surface area contributed by atoms with Crippen molar-refractivity contribution in [3.8, 4) is 5.75 Å². The summed E-state index contributed by atoms with van der Waals surface area (Å²) in [4.78, 5) is 0.0736. The summed E-state index contributed by atoms with van der Waals surface area (Å²) in [6, 6.07) is 11.9. The van der Waals surface area contributed by atoms with Crippen molar-refractivity contribution in [3.05, 3.63) is 61.5 Å². The van der Waals surface area contributed by atoms with E-state index < -0.39 is 0 Å². The predicted octanol–water partition coefficient (Wildman–Crippen LogP) is 6.75. The van der Waals surface area contributed by atoms with Gasteiger partial charge in [-0.15, -0.1) is 0 Å². The number of alkyl halides is 1. The van der Waals surface area contributed by atoms with Gasteiger partial charge in [-0.25, -0.2) is 0 Å². The number of hydrogen-bond donors (Lipinski definition) is 0. The number of benzene rings is 2. The Kier molecular flexibility index (Phi) is 5.96. The van der Waals surface area contributed by atoms with Crippen LogP contribution in [0, 0.1) is 0 Å². The third kappa shape index (κ3) is 4.00. The molecule has 0 heterocycles. The Morgan fingerprint density at radius 2 is 1.85 bits per heavy atom. The molecular formula is C15H12Br3ClO. The van der Waals surface area contributed by atoms with E-state index in [0.717, 1.165) is 25.8 Å². The quantitative estimate of drug-likeness (QED) is 0.438. The lowest BCUT2D eigenvalue weighted by Gasteiger charge is -2.14. The molecule has 2 aromatic rings. The highest BCUT2D eigenvalue weighted by Crippen LogP contribution is 2.37. The maximum absolute atomic E-state index is 6.10. The Bertz CT molecular complexity index is 596. The molecular weight excluding hydrogens is 471 g/mol. The smallest absolute Gasteiger partial charge is 0.133 e. The summed E-state index contributed by atoms with van der Waals surface area (Å²) in [6.07, 6.45) is 0. The lowest BCUT2D eigenvalue weighted by Crippen LogP contribution is -1.96. The van der Waals surface area contributed by atoms with Crippen molar-refractivity contribution in [3.63, 3.8) is 0 Å². The highest BCUT2D eigenvalue weighted by molar-refractivity contribution is 9.11. The normalized spacial score (nSPS) is 12.2. The molecule has 1 nitrogen and oxygen atoms in total. The first kappa shape index (κ1) is 16.3. The van der Waals surface area contributed by atoms with Crippen molar-refractivity contribution in [1.82, 2.24) is 0 Å². The molecule has 0 saturated carbocycles. The van der Waals surface area contributed by atoms with Crippen LogP contribution < -0.4 is 4.74 Å². The lowest BCUT2D eigenvalue weighted by atomic mass is 10.0. The average molecular weight is 483 g/mol. The first-order chi connectivity index (χ1) is 9.51. The Morgan fingerprint density at radius 1 is 1.10 bits per heavy atom. The molecule has 1 atom stereocenters. The predicted molar refractivity (Wildman–Crippen MR) is 95.2 cm³/mol. The number of rotatable bonds is 4. The van der Waals surface area contributed by atoms with Crippen LogP contribution in [0.4, 0.5) is 0 Å². The van der Waals surface area contributed by atoms with Crippen LogP contribution in [-0.4, -0.2) is 6.61 Å². The van der Waals surface area contributed by atoms with E-state index in [0.29, 0.717) is 11.6 Å². The molecule has 0 amide bonds. The molecule has 5 heteroatoms. The SMILES string of the molecule is CCOc1ccc(C(Br)c2cc(Cl)cc(Br)c2)cc1Br. The van der Waals surface area contributed by atoms with Gasteiger partial charge in [0.1, 0.15) is 5.75 Å². The minimum Gasteiger partial charge on any atom is -0.493 e. The fourth-order valence-electron chi connectivity index (χ4n) is 1.86. The van der Waals surface area contributed by atoms with E-state index in [1.165, 1.54) is 0 Å². The van der Waals surface area contributed by atoms with Crippen molar-refractivity contribution in [2.24, 2.45) is 0 Å². The minimum absolute atomic E-state index is 0.0736. The maximum atomic E-state index is 6.10. The average Bonchev–Trinajstić information content (AvgIpc) is 2.39. The summed E-state index contributed by atoms with van der Waals surface area (Å²) in [7, 11) is 0. The first-order valence-electron chi connectivity index (χ1n) is 6.03. The van der Waals surface area contributed by atoms with Gasteiger partial charge in [0, 0.05) is 9.50 Å². The maximum Gasteiger partial charge on any atom is 0.133 e. The van der Waals surface area contributed by atoms with E-state index in [2.05, 4.69) is 59.9 Å². The van der Waals surface area contributed by atoms with E-state index in [-0.39, 0.29) is 4.83 Å². The van der Waals surface area contributed by atoms with E-state index in [1.807, 2.05) is 31.2 Å². The van der Waals surface area contributed by atoms with Gasteiger partial charge in [-0.3, -0.25) is 0 Å². The highest BCUT2D eigenvalue weighted by Gasteiger charge is 2.13. The fraction of sp³-hybridized carbons (Fsp3) is 0.200. The van der Waals surface area contributed by atoms with Crippen LogP contribution in [0.5, 0.6) is 5.75 Å². The van der Waals surface area contributed by atoms with Crippen molar-refractivity contribution < 1.29 is 4.74 Å². The van der Waals surface area contributed by atoms with E-state index >= 15 is 0 Å². The second kappa shape index (κ2) is 7.30. The molecule has 0 saturated heterocycles. The zero-order chi connectivity index (χ0) is 14.7. The summed E-state index contributed by atoms with van der Waals surface area (Å²) < 4.78 is 7.44. The van der Waals surface area contributed by atoms with Gasteiger partial charge in [0.25, 0.3) is 0 Å². The van der Waals surface area contributed by atoms with E-state index in [4.69, 9.17) is 16.3 Å². The topological polar surface area (TPSA) is 9.23 Å². The van der Waals surface area contributed by atoms with Crippen LogP contribution in [0.25, 0.3) is 0 Å². The lowest BCUT2D eigenvalue weighted by molar-refractivity contribution is 0.338. The van der Waals surface area contributed by atoms with Gasteiger partial charge >= 0.3 is 0 Å². The molecule has 0 aromatic heterocycles. The first-order valence-corrected chi connectivity index (χ1v) is 8.91. The van der Waals surface area contributed by atoms with Gasteiger partial charge in [-0.1, -0.05) is 49.5 Å². The molecule has 0 aliphatic rings. The Morgan fingerprint density at radius 3 is 2.45 bits per heavy atom. The number of halogens is 4. The third-order valence-corrected chi connectivity index (χ3v) is 5.08. The van der Waals surface area contributed by atoms with Gasteiger partial charge in [0.2, 0.25) is 0 Å². The summed E-state index contributed by atoms with van der Waals surface area (Å²) in [6.45, 7) is 2.62. The van der Waals surface area contributed by atoms with Crippen molar-refractivity contribution in [2.75, 3.05) is 6.61 Å². The van der Waals surface area contributed by atoms with Gasteiger partial charge in [0.05, 0.1) is 15.9 Å². The zero-order valence-electron chi connectivity index (χ0n) is 10.7. The van der Waals surface area contributed by atoms with Crippen molar-refractivity contribution in [1.29, 1.82) is 0 Å². The summed E-state index contributed by atoms with van der Waals surface area (Å²) in [5.41, 5.74) is 2.23. The second-order valence-corrected chi connectivity index (χ2v) is 7.31. The molecule has 0 fully saturated rings. The highest BCUT2D eigenvalue weighted by atomic mass is 79.9. The van der Waals surface area contributed by atoms with E-state index in [1.54, 1.807) is 0 Å². The molecule has 1 unspecified atom stereocenters. The molecule has 2 aromatic carbocycles. The monoisotopic (exact) mass is 480 g/mol. The van der Waals surface area contributed by atoms with E-state index in [9.17, 15) is 0 Å². The number of hydrogen-bond acceptors (Lipinski definition) is 1. The van der Waals surface area contributed by atoms with Gasteiger partial charge in [-0.2, -0.15) is 0 Å².